The van der Waals surface area contributed by atoms with E-state index in [0.717, 1.165) is 11.5 Å². The van der Waals surface area contributed by atoms with Crippen LogP contribution in [0, 0.1) is 5.41 Å². The van der Waals surface area contributed by atoms with Crippen molar-refractivity contribution >= 4 is 17.8 Å². The van der Waals surface area contributed by atoms with Crippen molar-refractivity contribution in [3.8, 4) is 0 Å². The van der Waals surface area contributed by atoms with Crippen molar-refractivity contribution in [1.82, 2.24) is 10.4 Å². The van der Waals surface area contributed by atoms with Crippen molar-refractivity contribution < 1.29 is 24.0 Å². The van der Waals surface area contributed by atoms with Gasteiger partial charge in [-0.2, -0.15) is 0 Å². The molecule has 1 aliphatic heterocycles. The molecule has 1 aliphatic rings. The summed E-state index contributed by atoms with van der Waals surface area (Å²) in [5.41, 5.74) is 0.639. The lowest BCUT2D eigenvalue weighted by atomic mass is 9.93. The van der Waals surface area contributed by atoms with Gasteiger partial charge in [0.2, 0.25) is 5.91 Å². The fraction of sp³-hybridized carbons (Fsp3) is 0.688. The van der Waals surface area contributed by atoms with Crippen LogP contribution in [0.25, 0.3) is 0 Å². The fourth-order valence-electron chi connectivity index (χ4n) is 1.82. The minimum Gasteiger partial charge on any atom is -0.380 e. The third kappa shape index (κ3) is 7.78. The summed E-state index contributed by atoms with van der Waals surface area (Å²) in [7, 11) is 0. The van der Waals surface area contributed by atoms with Crippen molar-refractivity contribution in [2.45, 2.75) is 46.5 Å². The Bertz CT molecular complexity index is 452. The monoisotopic (exact) mass is 326 g/mol. The number of rotatable bonds is 8. The molecule has 0 unspecified atom stereocenters. The summed E-state index contributed by atoms with van der Waals surface area (Å²) in [6.07, 6.45) is 1.22. The summed E-state index contributed by atoms with van der Waals surface area (Å²) in [6.45, 7) is 11.3. The molecule has 0 bridgehead atoms. The van der Waals surface area contributed by atoms with E-state index in [-0.39, 0.29) is 17.7 Å². The van der Waals surface area contributed by atoms with Crippen LogP contribution in [0.1, 0.15) is 46.5 Å². The van der Waals surface area contributed by atoms with Gasteiger partial charge in [0, 0.05) is 19.6 Å². The van der Waals surface area contributed by atoms with E-state index in [0.29, 0.717) is 31.9 Å². The Hall–Kier alpha value is -1.89. The Labute approximate surface area is 136 Å². The van der Waals surface area contributed by atoms with Gasteiger partial charge in [-0.3, -0.25) is 9.59 Å². The average Bonchev–Trinajstić information content (AvgIpc) is 2.73. The number of hydrogen-bond donors (Lipinski definition) is 1. The molecule has 130 valence electrons. The van der Waals surface area contributed by atoms with E-state index in [1.54, 1.807) is 0 Å². The van der Waals surface area contributed by atoms with Gasteiger partial charge in [-0.1, -0.05) is 27.4 Å². The Balaban J connectivity index is 2.13. The van der Waals surface area contributed by atoms with Gasteiger partial charge in [-0.25, -0.2) is 4.79 Å². The van der Waals surface area contributed by atoms with Crippen LogP contribution in [0.5, 0.6) is 0 Å². The van der Waals surface area contributed by atoms with Crippen molar-refractivity contribution in [2.24, 2.45) is 5.41 Å². The second kappa shape index (κ2) is 8.67. The minimum absolute atomic E-state index is 0.212. The number of nitrogens with zero attached hydrogens (tertiary/aromatic N) is 1. The van der Waals surface area contributed by atoms with Crippen LogP contribution in [-0.4, -0.2) is 42.6 Å². The van der Waals surface area contributed by atoms with Gasteiger partial charge in [0.1, 0.15) is 6.42 Å². The molecule has 2 amide bonds. The zero-order valence-electron chi connectivity index (χ0n) is 14.1. The fourth-order valence-corrected chi connectivity index (χ4v) is 1.82. The number of allylic oxidation sites excluding steroid dienone is 1. The maximum atomic E-state index is 11.6. The van der Waals surface area contributed by atoms with E-state index in [9.17, 15) is 14.4 Å². The molecule has 7 nitrogen and oxygen atoms in total. The SMILES string of the molecule is C=C1CCC(=O)N1OC(=O)CC(=O)NCCOCCC(C)(C)C. The molecule has 7 heteroatoms. The third-order valence-electron chi connectivity index (χ3n) is 3.20. The second-order valence-electron chi connectivity index (χ2n) is 6.67. The first-order valence-electron chi connectivity index (χ1n) is 7.75. The number of nitrogens with one attached hydrogen (secondary N) is 1. The molecule has 1 N–H and O–H groups in total. The first-order valence-corrected chi connectivity index (χ1v) is 7.75. The summed E-state index contributed by atoms with van der Waals surface area (Å²) in [5.74, 6) is -1.57. The Morgan fingerprint density at radius 1 is 1.26 bits per heavy atom. The van der Waals surface area contributed by atoms with E-state index < -0.39 is 18.3 Å². The first kappa shape index (κ1) is 19.2. The number of hydroxylamine groups is 2. The second-order valence-corrected chi connectivity index (χ2v) is 6.67. The summed E-state index contributed by atoms with van der Waals surface area (Å²) in [6, 6.07) is 0. The number of hydrogen-bond acceptors (Lipinski definition) is 5. The molecule has 0 atom stereocenters. The highest BCUT2D eigenvalue weighted by atomic mass is 16.7. The summed E-state index contributed by atoms with van der Waals surface area (Å²) >= 11 is 0. The average molecular weight is 326 g/mol. The van der Waals surface area contributed by atoms with Gasteiger partial charge in [0.15, 0.2) is 0 Å². The third-order valence-corrected chi connectivity index (χ3v) is 3.20. The molecular weight excluding hydrogens is 300 g/mol. The van der Waals surface area contributed by atoms with E-state index in [4.69, 9.17) is 9.57 Å². The molecule has 0 saturated carbocycles. The normalized spacial score (nSPS) is 15.0. The van der Waals surface area contributed by atoms with Crippen LogP contribution in [0.2, 0.25) is 0 Å². The molecule has 0 aromatic rings. The Morgan fingerprint density at radius 2 is 1.96 bits per heavy atom. The molecule has 23 heavy (non-hydrogen) atoms. The maximum Gasteiger partial charge on any atom is 0.342 e. The smallest absolute Gasteiger partial charge is 0.342 e. The van der Waals surface area contributed by atoms with E-state index >= 15 is 0 Å². The number of ether oxygens (including phenoxy) is 1. The quantitative estimate of drug-likeness (QED) is 0.540. The van der Waals surface area contributed by atoms with Crippen molar-refractivity contribution in [3.05, 3.63) is 12.3 Å². The number of amides is 2. The lowest BCUT2D eigenvalue weighted by molar-refractivity contribution is -0.187. The van der Waals surface area contributed by atoms with E-state index in [1.165, 1.54) is 0 Å². The molecule has 1 rings (SSSR count). The molecular formula is C16H26N2O5. The van der Waals surface area contributed by atoms with Gasteiger partial charge >= 0.3 is 5.97 Å². The van der Waals surface area contributed by atoms with Crippen LogP contribution in [0.15, 0.2) is 12.3 Å². The minimum atomic E-state index is -0.785. The maximum absolute atomic E-state index is 11.6. The molecule has 1 fully saturated rings. The molecule has 0 spiro atoms. The Morgan fingerprint density at radius 3 is 2.52 bits per heavy atom. The molecule has 0 aromatic heterocycles. The number of carbonyl (C=O) groups is 3. The largest absolute Gasteiger partial charge is 0.380 e. The van der Waals surface area contributed by atoms with Gasteiger partial charge in [0.05, 0.1) is 12.3 Å². The van der Waals surface area contributed by atoms with E-state index in [1.807, 2.05) is 0 Å². The zero-order chi connectivity index (χ0) is 17.5. The summed E-state index contributed by atoms with van der Waals surface area (Å²) in [4.78, 5) is 39.4. The van der Waals surface area contributed by atoms with Crippen LogP contribution >= 0.6 is 0 Å². The molecule has 1 saturated heterocycles. The van der Waals surface area contributed by atoms with Crippen molar-refractivity contribution in [1.29, 1.82) is 0 Å². The Kier molecular flexibility index (Phi) is 7.22. The van der Waals surface area contributed by atoms with Crippen molar-refractivity contribution in [3.63, 3.8) is 0 Å². The molecule has 0 radical (unpaired) electrons. The number of carbonyl (C=O) groups excluding carboxylic acids is 3. The highest BCUT2D eigenvalue weighted by Gasteiger charge is 2.28. The highest BCUT2D eigenvalue weighted by molar-refractivity contribution is 5.94. The van der Waals surface area contributed by atoms with Crippen LogP contribution in [0.4, 0.5) is 0 Å². The van der Waals surface area contributed by atoms with Crippen LogP contribution < -0.4 is 5.32 Å². The van der Waals surface area contributed by atoms with Gasteiger partial charge < -0.3 is 14.9 Å². The van der Waals surface area contributed by atoms with Crippen LogP contribution in [0.3, 0.4) is 0 Å². The molecule has 0 aliphatic carbocycles. The first-order chi connectivity index (χ1) is 10.7. The van der Waals surface area contributed by atoms with Crippen molar-refractivity contribution in [2.75, 3.05) is 19.8 Å². The summed E-state index contributed by atoms with van der Waals surface area (Å²) in [5, 5.41) is 3.43. The predicted octanol–water partition coefficient (Wildman–Crippen LogP) is 1.54. The lowest BCUT2D eigenvalue weighted by Gasteiger charge is -2.17. The predicted molar refractivity (Wildman–Crippen MR) is 83.8 cm³/mol. The standard InChI is InChI=1S/C16H26N2O5/c1-12-5-6-14(20)18(12)23-15(21)11-13(19)17-8-10-22-9-7-16(2,3)4/h1,5-11H2,2-4H3,(H,17,19). The zero-order valence-corrected chi connectivity index (χ0v) is 14.1. The topological polar surface area (TPSA) is 84.9 Å². The molecule has 1 heterocycles. The highest BCUT2D eigenvalue weighted by Crippen LogP contribution is 2.21. The van der Waals surface area contributed by atoms with Gasteiger partial charge in [-0.05, 0) is 18.3 Å². The van der Waals surface area contributed by atoms with E-state index in [2.05, 4.69) is 32.7 Å². The van der Waals surface area contributed by atoms with Gasteiger partial charge in [0.25, 0.3) is 5.91 Å². The van der Waals surface area contributed by atoms with Crippen LogP contribution in [-0.2, 0) is 24.0 Å². The summed E-state index contributed by atoms with van der Waals surface area (Å²) < 4.78 is 5.41. The lowest BCUT2D eigenvalue weighted by Crippen LogP contribution is -2.33. The van der Waals surface area contributed by atoms with Gasteiger partial charge in [-0.15, -0.1) is 5.06 Å². The molecule has 0 aromatic carbocycles.